The number of amides is 3. The number of ether oxygens (including phenoxy) is 2. The van der Waals surface area contributed by atoms with Crippen LogP contribution < -0.4 is 10.6 Å². The molecule has 3 N–H and O–H groups in total. The standard InChI is InChI=1S/C36H39N3O7/c40-23-30-19-27-15-7-8-17-29(27)22-39(30)33(41)20-28-16-9-10-18-31(38-36(44)45-24-25-11-3-1-4-12-25)35(43)46-32(21-37-34(28)42)26-13-5-2-6-14-26/h1-15,17,28,30-32,40H,16,18-24H2,(H,37,42)(H,38,44)/t28-,30+,31-,32+/m1/s1. The van der Waals surface area contributed by atoms with E-state index in [2.05, 4.69) is 10.6 Å². The van der Waals surface area contributed by atoms with Gasteiger partial charge in [0.15, 0.2) is 0 Å². The molecule has 0 bridgehead atoms. The molecule has 0 saturated carbocycles. The summed E-state index contributed by atoms with van der Waals surface area (Å²) in [6.45, 7) is 0.205. The third-order valence-electron chi connectivity index (χ3n) is 8.32. The highest BCUT2D eigenvalue weighted by Crippen LogP contribution is 2.26. The number of esters is 1. The zero-order chi connectivity index (χ0) is 32.3. The third-order valence-corrected chi connectivity index (χ3v) is 8.32. The second kappa shape index (κ2) is 15.9. The maximum atomic E-state index is 13.6. The molecule has 0 aromatic heterocycles. The average Bonchev–Trinajstić information content (AvgIpc) is 3.09. The fourth-order valence-corrected chi connectivity index (χ4v) is 5.72. The van der Waals surface area contributed by atoms with E-state index in [0.29, 0.717) is 18.5 Å². The monoisotopic (exact) mass is 625 g/mol. The predicted molar refractivity (Wildman–Crippen MR) is 170 cm³/mol. The molecule has 0 radical (unpaired) electrons. The Balaban J connectivity index is 1.31. The minimum Gasteiger partial charge on any atom is -0.454 e. The highest BCUT2D eigenvalue weighted by molar-refractivity contribution is 5.86. The quantitative estimate of drug-likeness (QED) is 0.267. The largest absolute Gasteiger partial charge is 0.454 e. The molecule has 4 atom stereocenters. The molecular weight excluding hydrogens is 586 g/mol. The van der Waals surface area contributed by atoms with Crippen molar-refractivity contribution in [2.45, 2.75) is 57.0 Å². The molecule has 46 heavy (non-hydrogen) atoms. The SMILES string of the molecule is O=C(N[C@@H]1CC=CC[C@H](CC(=O)N2Cc3ccccc3C[C@H]2CO)C(=O)NC[C@@H](c2ccccc2)OC1=O)OCc1ccccc1. The van der Waals surface area contributed by atoms with Crippen molar-refractivity contribution < 1.29 is 33.8 Å². The van der Waals surface area contributed by atoms with E-state index in [1.807, 2.05) is 60.7 Å². The minimum atomic E-state index is -1.04. The van der Waals surface area contributed by atoms with Crippen LogP contribution in [0.1, 0.15) is 47.6 Å². The fourth-order valence-electron chi connectivity index (χ4n) is 5.72. The van der Waals surface area contributed by atoms with Crippen LogP contribution in [0.3, 0.4) is 0 Å². The van der Waals surface area contributed by atoms with Gasteiger partial charge in [-0.05, 0) is 41.5 Å². The summed E-state index contributed by atoms with van der Waals surface area (Å²) < 4.78 is 11.2. The number of rotatable bonds is 7. The summed E-state index contributed by atoms with van der Waals surface area (Å²) in [5, 5.41) is 15.6. The Kier molecular flexibility index (Phi) is 11.2. The number of nitrogens with zero attached hydrogens (tertiary/aromatic N) is 1. The molecule has 3 aromatic rings. The molecular formula is C36H39N3O7. The van der Waals surface area contributed by atoms with Crippen LogP contribution in [0.2, 0.25) is 0 Å². The molecule has 0 fully saturated rings. The van der Waals surface area contributed by atoms with Crippen LogP contribution in [0.25, 0.3) is 0 Å². The van der Waals surface area contributed by atoms with Crippen LogP contribution in [0.5, 0.6) is 0 Å². The number of fused-ring (bicyclic) bond motifs is 1. The van der Waals surface area contributed by atoms with Crippen LogP contribution in [-0.4, -0.2) is 59.1 Å². The van der Waals surface area contributed by atoms with Gasteiger partial charge in [-0.15, -0.1) is 0 Å². The van der Waals surface area contributed by atoms with Gasteiger partial charge in [0.25, 0.3) is 0 Å². The first kappa shape index (κ1) is 32.4. The number of nitrogens with one attached hydrogen (secondary N) is 2. The highest BCUT2D eigenvalue weighted by atomic mass is 16.6. The van der Waals surface area contributed by atoms with E-state index in [1.165, 1.54) is 0 Å². The molecule has 3 aromatic carbocycles. The topological polar surface area (TPSA) is 134 Å². The van der Waals surface area contributed by atoms with E-state index in [1.54, 1.807) is 41.3 Å². The van der Waals surface area contributed by atoms with Gasteiger partial charge in [-0.25, -0.2) is 9.59 Å². The van der Waals surface area contributed by atoms with Crippen LogP contribution >= 0.6 is 0 Å². The summed E-state index contributed by atoms with van der Waals surface area (Å²) >= 11 is 0. The molecule has 10 heteroatoms. The summed E-state index contributed by atoms with van der Waals surface area (Å²) in [7, 11) is 0. The molecule has 0 spiro atoms. The summed E-state index contributed by atoms with van der Waals surface area (Å²) in [6, 6.07) is 24.6. The number of benzene rings is 3. The van der Waals surface area contributed by atoms with Crippen molar-refractivity contribution in [3.63, 3.8) is 0 Å². The second-order valence-corrected chi connectivity index (χ2v) is 11.5. The average molecular weight is 626 g/mol. The molecule has 2 aliphatic heterocycles. The van der Waals surface area contributed by atoms with Crippen molar-refractivity contribution in [2.24, 2.45) is 5.92 Å². The number of allylic oxidation sites excluding steroid dienone is 1. The van der Waals surface area contributed by atoms with Gasteiger partial charge in [0, 0.05) is 13.0 Å². The molecule has 2 heterocycles. The zero-order valence-corrected chi connectivity index (χ0v) is 25.5. The summed E-state index contributed by atoms with van der Waals surface area (Å²) in [6.07, 6.45) is 2.65. The normalized spacial score (nSPS) is 21.9. The summed E-state index contributed by atoms with van der Waals surface area (Å²) in [5.41, 5.74) is 3.60. The molecule has 2 aliphatic rings. The van der Waals surface area contributed by atoms with Gasteiger partial charge in [-0.2, -0.15) is 0 Å². The van der Waals surface area contributed by atoms with Crippen LogP contribution in [-0.2, 0) is 43.4 Å². The maximum Gasteiger partial charge on any atom is 0.408 e. The lowest BCUT2D eigenvalue weighted by Gasteiger charge is -2.36. The van der Waals surface area contributed by atoms with Crippen LogP contribution in [0.15, 0.2) is 97.1 Å². The Morgan fingerprint density at radius 1 is 0.913 bits per heavy atom. The van der Waals surface area contributed by atoms with Gasteiger partial charge < -0.3 is 30.1 Å². The van der Waals surface area contributed by atoms with Gasteiger partial charge in [-0.3, -0.25) is 9.59 Å². The van der Waals surface area contributed by atoms with Crippen molar-refractivity contribution in [1.29, 1.82) is 0 Å². The first-order chi connectivity index (χ1) is 22.4. The van der Waals surface area contributed by atoms with E-state index < -0.39 is 30.1 Å². The lowest BCUT2D eigenvalue weighted by Crippen LogP contribution is -2.47. The van der Waals surface area contributed by atoms with Crippen molar-refractivity contribution >= 4 is 23.9 Å². The van der Waals surface area contributed by atoms with Crippen LogP contribution in [0.4, 0.5) is 4.79 Å². The molecule has 0 aliphatic carbocycles. The van der Waals surface area contributed by atoms with Gasteiger partial charge in [0.2, 0.25) is 11.8 Å². The first-order valence-electron chi connectivity index (χ1n) is 15.5. The number of carbonyl (C=O) groups is 4. The third kappa shape index (κ3) is 8.60. The smallest absolute Gasteiger partial charge is 0.408 e. The molecule has 10 nitrogen and oxygen atoms in total. The van der Waals surface area contributed by atoms with Gasteiger partial charge >= 0.3 is 12.1 Å². The molecule has 5 rings (SSSR count). The van der Waals surface area contributed by atoms with Crippen LogP contribution in [0, 0.1) is 5.92 Å². The molecule has 3 amide bonds. The van der Waals surface area contributed by atoms with Gasteiger partial charge in [0.05, 0.1) is 25.1 Å². The summed E-state index contributed by atoms with van der Waals surface area (Å²) in [4.78, 5) is 54.7. The Hall–Kier alpha value is -4.96. The van der Waals surface area contributed by atoms with Gasteiger partial charge in [0.1, 0.15) is 18.8 Å². The lowest BCUT2D eigenvalue weighted by atomic mass is 9.92. The van der Waals surface area contributed by atoms with Crippen molar-refractivity contribution in [1.82, 2.24) is 15.5 Å². The number of aliphatic hydroxyl groups excluding tert-OH is 1. The van der Waals surface area contributed by atoms with E-state index in [-0.39, 0.29) is 56.9 Å². The minimum absolute atomic E-state index is 0.0233. The van der Waals surface area contributed by atoms with E-state index >= 15 is 0 Å². The first-order valence-corrected chi connectivity index (χ1v) is 15.5. The number of aliphatic hydroxyl groups is 1. The Morgan fingerprint density at radius 3 is 2.33 bits per heavy atom. The fraction of sp³-hybridized carbons (Fsp3) is 0.333. The number of carbonyl (C=O) groups excluding carboxylic acids is 4. The predicted octanol–water partition coefficient (Wildman–Crippen LogP) is 3.98. The van der Waals surface area contributed by atoms with E-state index in [0.717, 1.165) is 16.7 Å². The highest BCUT2D eigenvalue weighted by Gasteiger charge is 2.33. The summed E-state index contributed by atoms with van der Waals surface area (Å²) in [5.74, 6) is -1.93. The van der Waals surface area contributed by atoms with Crippen molar-refractivity contribution in [2.75, 3.05) is 13.2 Å². The number of cyclic esters (lactones) is 1. The second-order valence-electron chi connectivity index (χ2n) is 11.5. The number of hydrogen-bond donors (Lipinski definition) is 3. The van der Waals surface area contributed by atoms with Gasteiger partial charge in [-0.1, -0.05) is 97.1 Å². The van der Waals surface area contributed by atoms with E-state index in [4.69, 9.17) is 9.47 Å². The van der Waals surface area contributed by atoms with Crippen molar-refractivity contribution in [3.8, 4) is 0 Å². The number of hydrogen-bond acceptors (Lipinski definition) is 7. The van der Waals surface area contributed by atoms with E-state index in [9.17, 15) is 24.3 Å². The lowest BCUT2D eigenvalue weighted by molar-refractivity contribution is -0.152. The zero-order valence-electron chi connectivity index (χ0n) is 25.5. The molecule has 0 unspecified atom stereocenters. The Morgan fingerprint density at radius 2 is 1.59 bits per heavy atom. The Labute approximate surface area is 268 Å². The number of alkyl carbamates (subject to hydrolysis) is 1. The molecule has 0 saturated heterocycles. The Bertz CT molecular complexity index is 1530. The molecule has 240 valence electrons. The van der Waals surface area contributed by atoms with Crippen molar-refractivity contribution in [3.05, 3.63) is 119 Å². The maximum absolute atomic E-state index is 13.6.